The number of hydrogen-bond acceptors (Lipinski definition) is 8. The molecule has 37 heavy (non-hydrogen) atoms. The van der Waals surface area contributed by atoms with Crippen LogP contribution in [0.15, 0.2) is 30.6 Å². The average molecular weight is 543 g/mol. The second-order valence-electron chi connectivity index (χ2n) is 8.44. The van der Waals surface area contributed by atoms with E-state index in [1.807, 2.05) is 4.90 Å². The molecule has 1 aromatic carbocycles. The number of aromatic nitrogens is 3. The van der Waals surface area contributed by atoms with E-state index < -0.39 is 30.3 Å². The van der Waals surface area contributed by atoms with E-state index in [-0.39, 0.29) is 40.3 Å². The van der Waals surface area contributed by atoms with E-state index in [0.29, 0.717) is 25.0 Å². The number of hydrogen-bond donors (Lipinski definition) is 2. The first kappa shape index (κ1) is 26.7. The Bertz CT molecular complexity index is 1240. The molecule has 4 rings (SSSR count). The quantitative estimate of drug-likeness (QED) is 0.365. The van der Waals surface area contributed by atoms with Crippen molar-refractivity contribution >= 4 is 33.9 Å². The molecule has 3 aromatic rings. The molecule has 1 amide bonds. The highest BCUT2D eigenvalue weighted by Crippen LogP contribution is 2.31. The van der Waals surface area contributed by atoms with Gasteiger partial charge in [0, 0.05) is 30.8 Å². The van der Waals surface area contributed by atoms with Crippen molar-refractivity contribution in [3.05, 3.63) is 53.4 Å². The smallest absolute Gasteiger partial charge is 0.434 e. The lowest BCUT2D eigenvalue weighted by atomic mass is 10.1. The Hall–Kier alpha value is -3.39. The van der Waals surface area contributed by atoms with E-state index in [0.717, 1.165) is 30.7 Å². The number of anilines is 3. The number of amides is 1. The van der Waals surface area contributed by atoms with Crippen LogP contribution in [0, 0.1) is 18.7 Å². The number of likely N-dealkylation sites (tertiary alicyclic amines) is 1. The molecule has 0 radical (unpaired) electrons. The van der Waals surface area contributed by atoms with Crippen molar-refractivity contribution in [3.8, 4) is 5.75 Å². The fraction of sp³-hybridized carbons (Fsp3) is 0.391. The maximum atomic E-state index is 14.3. The molecular weight excluding hydrogens is 519 g/mol. The van der Waals surface area contributed by atoms with E-state index in [4.69, 9.17) is 4.74 Å². The van der Waals surface area contributed by atoms with Crippen molar-refractivity contribution in [3.63, 3.8) is 0 Å². The Morgan fingerprint density at radius 3 is 2.78 bits per heavy atom. The third-order valence-electron chi connectivity index (χ3n) is 5.71. The zero-order chi connectivity index (χ0) is 26.6. The number of halogens is 5. The minimum atomic E-state index is -4.62. The van der Waals surface area contributed by atoms with Crippen molar-refractivity contribution in [1.82, 2.24) is 19.2 Å². The molecule has 1 fully saturated rings. The molecule has 14 heteroatoms. The molecule has 0 bridgehead atoms. The number of nitrogens with zero attached hydrogens (tertiary/aromatic N) is 4. The Balaban J connectivity index is 1.42. The zero-order valence-corrected chi connectivity index (χ0v) is 20.4. The molecular formula is C23H23F5N6O2S. The number of carbonyl (C=O) groups excluding carboxylic acids is 1. The van der Waals surface area contributed by atoms with Crippen LogP contribution in [0.25, 0.3) is 0 Å². The fourth-order valence-electron chi connectivity index (χ4n) is 3.84. The Kier molecular flexibility index (Phi) is 8.17. The van der Waals surface area contributed by atoms with E-state index in [9.17, 15) is 26.7 Å². The Labute approximate surface area is 213 Å². The van der Waals surface area contributed by atoms with Crippen molar-refractivity contribution in [2.24, 2.45) is 5.92 Å². The molecule has 1 unspecified atom stereocenters. The predicted molar refractivity (Wildman–Crippen MR) is 128 cm³/mol. The van der Waals surface area contributed by atoms with Crippen LogP contribution in [0.3, 0.4) is 0 Å². The Morgan fingerprint density at radius 2 is 2.08 bits per heavy atom. The van der Waals surface area contributed by atoms with Crippen molar-refractivity contribution in [2.75, 3.05) is 43.5 Å². The van der Waals surface area contributed by atoms with Crippen LogP contribution in [0.5, 0.6) is 5.75 Å². The summed E-state index contributed by atoms with van der Waals surface area (Å²) < 4.78 is 74.8. The van der Waals surface area contributed by atoms with E-state index >= 15 is 0 Å². The van der Waals surface area contributed by atoms with Crippen LogP contribution in [0.2, 0.25) is 0 Å². The van der Waals surface area contributed by atoms with Gasteiger partial charge >= 0.3 is 6.18 Å². The molecule has 2 aromatic heterocycles. The lowest BCUT2D eigenvalue weighted by Gasteiger charge is -2.15. The fourth-order valence-corrected chi connectivity index (χ4v) is 4.64. The normalized spacial score (nSPS) is 16.1. The Morgan fingerprint density at radius 1 is 1.27 bits per heavy atom. The predicted octanol–water partition coefficient (Wildman–Crippen LogP) is 5.07. The molecule has 1 atom stereocenters. The molecule has 1 aliphatic heterocycles. The summed E-state index contributed by atoms with van der Waals surface area (Å²) in [5, 5.41) is 5.68. The number of nitrogens with one attached hydrogen (secondary N) is 2. The molecule has 1 aliphatic rings. The largest absolute Gasteiger partial charge is 0.490 e. The summed E-state index contributed by atoms with van der Waals surface area (Å²) in [4.78, 5) is 22.0. The average Bonchev–Trinajstić information content (AvgIpc) is 3.45. The van der Waals surface area contributed by atoms with Gasteiger partial charge in [-0.1, -0.05) is 0 Å². The van der Waals surface area contributed by atoms with Gasteiger partial charge in [-0.2, -0.15) is 17.5 Å². The third kappa shape index (κ3) is 6.68. The van der Waals surface area contributed by atoms with Gasteiger partial charge in [-0.05, 0) is 43.6 Å². The molecule has 1 saturated heterocycles. The molecule has 0 spiro atoms. The minimum absolute atomic E-state index is 0.000149. The highest BCUT2D eigenvalue weighted by Gasteiger charge is 2.33. The standard InChI is InChI=1S/C23H23F5N6O2S/c1-13-20(22(37-33-13)32-19-10-29-18(9-30-19)23(26,27)28)21(35)31-15-2-3-16(25)17(8-15)36-12-14-4-6-34(11-14)7-5-24/h2-3,8-10,14H,4-7,11-12H2,1H3,(H,30,32)(H,31,35). The van der Waals surface area contributed by atoms with Crippen LogP contribution in [-0.2, 0) is 6.18 Å². The maximum absolute atomic E-state index is 14.3. The molecule has 0 saturated carbocycles. The highest BCUT2D eigenvalue weighted by atomic mass is 32.1. The second kappa shape index (κ2) is 11.3. The molecule has 8 nitrogen and oxygen atoms in total. The van der Waals surface area contributed by atoms with Gasteiger partial charge in [-0.15, -0.1) is 0 Å². The first-order valence-electron chi connectivity index (χ1n) is 11.3. The zero-order valence-electron chi connectivity index (χ0n) is 19.6. The van der Waals surface area contributed by atoms with Crippen molar-refractivity contribution in [2.45, 2.75) is 19.5 Å². The van der Waals surface area contributed by atoms with E-state index in [1.165, 1.54) is 18.2 Å². The molecule has 2 N–H and O–H groups in total. The second-order valence-corrected chi connectivity index (χ2v) is 9.21. The topological polar surface area (TPSA) is 92.3 Å². The van der Waals surface area contributed by atoms with Gasteiger partial charge in [0.2, 0.25) is 0 Å². The molecule has 0 aliphatic carbocycles. The number of carbonyl (C=O) groups is 1. The minimum Gasteiger partial charge on any atom is -0.490 e. The summed E-state index contributed by atoms with van der Waals surface area (Å²) in [5.41, 5.74) is -0.339. The van der Waals surface area contributed by atoms with Gasteiger partial charge in [-0.3, -0.25) is 4.79 Å². The van der Waals surface area contributed by atoms with Crippen LogP contribution < -0.4 is 15.4 Å². The first-order chi connectivity index (χ1) is 17.6. The monoisotopic (exact) mass is 542 g/mol. The summed E-state index contributed by atoms with van der Waals surface area (Å²) in [6, 6.07) is 3.91. The number of aryl methyl sites for hydroxylation is 1. The van der Waals surface area contributed by atoms with Crippen LogP contribution >= 0.6 is 11.5 Å². The van der Waals surface area contributed by atoms with Crippen LogP contribution in [0.4, 0.5) is 38.5 Å². The third-order valence-corrected chi connectivity index (χ3v) is 6.56. The molecule has 198 valence electrons. The summed E-state index contributed by atoms with van der Waals surface area (Å²) in [5.74, 6) is -1.04. The van der Waals surface area contributed by atoms with Gasteiger partial charge in [-0.25, -0.2) is 18.7 Å². The number of rotatable bonds is 9. The molecule has 3 heterocycles. The number of benzene rings is 1. The van der Waals surface area contributed by atoms with Gasteiger partial charge in [0.1, 0.15) is 17.5 Å². The SMILES string of the molecule is Cc1nsc(Nc2cnc(C(F)(F)F)cn2)c1C(=O)Nc1ccc(F)c(OCC2CCN(CCF)C2)c1. The van der Waals surface area contributed by atoms with Gasteiger partial charge in [0.25, 0.3) is 5.91 Å². The first-order valence-corrected chi connectivity index (χ1v) is 12.1. The summed E-state index contributed by atoms with van der Waals surface area (Å²) >= 11 is 0.927. The van der Waals surface area contributed by atoms with Gasteiger partial charge in [0.15, 0.2) is 17.3 Å². The highest BCUT2D eigenvalue weighted by molar-refractivity contribution is 7.10. The number of ether oxygens (including phenoxy) is 1. The summed E-state index contributed by atoms with van der Waals surface area (Å²) in [7, 11) is 0. The van der Waals surface area contributed by atoms with Gasteiger partial charge in [0.05, 0.1) is 30.3 Å². The lowest BCUT2D eigenvalue weighted by Crippen LogP contribution is -2.24. The van der Waals surface area contributed by atoms with Crippen LogP contribution in [-0.4, -0.2) is 58.1 Å². The summed E-state index contributed by atoms with van der Waals surface area (Å²) in [6.07, 6.45) is -2.31. The maximum Gasteiger partial charge on any atom is 0.434 e. The van der Waals surface area contributed by atoms with E-state index in [2.05, 4.69) is 25.0 Å². The van der Waals surface area contributed by atoms with Crippen LogP contribution in [0.1, 0.15) is 28.2 Å². The summed E-state index contributed by atoms with van der Waals surface area (Å²) in [6.45, 7) is 3.24. The number of alkyl halides is 4. The van der Waals surface area contributed by atoms with Gasteiger partial charge < -0.3 is 20.3 Å². The van der Waals surface area contributed by atoms with Crippen molar-refractivity contribution < 1.29 is 31.5 Å². The lowest BCUT2D eigenvalue weighted by molar-refractivity contribution is -0.141. The van der Waals surface area contributed by atoms with Crippen molar-refractivity contribution in [1.29, 1.82) is 0 Å². The van der Waals surface area contributed by atoms with E-state index in [1.54, 1.807) is 6.92 Å².